The third-order valence-electron chi connectivity index (χ3n) is 3.76. The average Bonchev–Trinajstić information content (AvgIpc) is 2.54. The second kappa shape index (κ2) is 8.03. The highest BCUT2D eigenvalue weighted by Crippen LogP contribution is 2.27. The third kappa shape index (κ3) is 4.94. The molecular formula is C17H20ClN3O4S. The van der Waals surface area contributed by atoms with E-state index in [1.54, 1.807) is 6.92 Å². The van der Waals surface area contributed by atoms with Crippen LogP contribution >= 0.6 is 11.6 Å². The predicted octanol–water partition coefficient (Wildman–Crippen LogP) is 3.22. The van der Waals surface area contributed by atoms with Crippen molar-refractivity contribution in [2.75, 3.05) is 19.0 Å². The van der Waals surface area contributed by atoms with Gasteiger partial charge in [-0.2, -0.15) is 0 Å². The normalized spacial score (nSPS) is 12.6. The van der Waals surface area contributed by atoms with Gasteiger partial charge in [0.15, 0.2) is 4.90 Å². The molecule has 9 heteroatoms. The topological polar surface area (TPSA) is 92.6 Å². The fourth-order valence-electron chi connectivity index (χ4n) is 2.51. The zero-order chi connectivity index (χ0) is 19.5. The molecule has 0 spiro atoms. The lowest BCUT2D eigenvalue weighted by Crippen LogP contribution is -2.34. The van der Waals surface area contributed by atoms with Crippen LogP contribution < -0.4 is 9.62 Å². The van der Waals surface area contributed by atoms with Gasteiger partial charge in [0.25, 0.3) is 5.69 Å². The molecule has 0 aliphatic carbocycles. The van der Waals surface area contributed by atoms with Crippen molar-refractivity contribution >= 4 is 33.0 Å². The molecule has 26 heavy (non-hydrogen) atoms. The molecule has 0 aliphatic heterocycles. The van der Waals surface area contributed by atoms with Crippen molar-refractivity contribution in [1.82, 2.24) is 4.72 Å². The number of hydrogen-bond donors (Lipinski definition) is 1. The van der Waals surface area contributed by atoms with Crippen LogP contribution in [0.5, 0.6) is 0 Å². The number of anilines is 1. The molecule has 1 N–H and O–H groups in total. The molecule has 1 unspecified atom stereocenters. The second-order valence-corrected chi connectivity index (χ2v) is 8.28. The van der Waals surface area contributed by atoms with E-state index in [9.17, 15) is 18.5 Å². The molecule has 2 aromatic rings. The Labute approximate surface area is 157 Å². The van der Waals surface area contributed by atoms with E-state index >= 15 is 0 Å². The van der Waals surface area contributed by atoms with Gasteiger partial charge in [-0.15, -0.1) is 0 Å². The van der Waals surface area contributed by atoms with Gasteiger partial charge >= 0.3 is 0 Å². The minimum atomic E-state index is -4.05. The lowest BCUT2D eigenvalue weighted by molar-refractivity contribution is -0.387. The Hall–Kier alpha value is -2.16. The molecule has 0 radical (unpaired) electrons. The van der Waals surface area contributed by atoms with E-state index in [1.807, 2.05) is 43.3 Å². The minimum Gasteiger partial charge on any atom is -0.378 e. The van der Waals surface area contributed by atoms with Crippen LogP contribution in [-0.2, 0) is 16.4 Å². The number of rotatable bonds is 7. The fourth-order valence-corrected chi connectivity index (χ4v) is 4.08. The van der Waals surface area contributed by atoms with E-state index in [4.69, 9.17) is 11.6 Å². The monoisotopic (exact) mass is 397 g/mol. The van der Waals surface area contributed by atoms with Crippen molar-refractivity contribution in [3.63, 3.8) is 0 Å². The molecule has 0 fully saturated rings. The zero-order valence-electron chi connectivity index (χ0n) is 14.6. The van der Waals surface area contributed by atoms with Gasteiger partial charge in [0, 0.05) is 36.9 Å². The standard InChI is InChI=1S/C17H20ClN3O4S/c1-12(10-13-4-7-15(8-5-13)20(2)3)19-26(24,25)17-9-6-14(18)11-16(17)21(22)23/h4-9,11-12,19H,10H2,1-3H3. The highest BCUT2D eigenvalue weighted by Gasteiger charge is 2.27. The summed E-state index contributed by atoms with van der Waals surface area (Å²) in [6, 6.07) is 10.8. The van der Waals surface area contributed by atoms with Crippen molar-refractivity contribution in [2.45, 2.75) is 24.3 Å². The molecule has 140 valence electrons. The van der Waals surface area contributed by atoms with E-state index < -0.39 is 31.6 Å². The number of hydrogen-bond acceptors (Lipinski definition) is 5. The molecule has 1 atom stereocenters. The smallest absolute Gasteiger partial charge is 0.290 e. The molecular weight excluding hydrogens is 378 g/mol. The Morgan fingerprint density at radius 2 is 1.81 bits per heavy atom. The summed E-state index contributed by atoms with van der Waals surface area (Å²) in [6.45, 7) is 1.71. The summed E-state index contributed by atoms with van der Waals surface area (Å²) in [6.07, 6.45) is 0.453. The molecule has 0 amide bonds. The maximum atomic E-state index is 12.5. The van der Waals surface area contributed by atoms with E-state index in [-0.39, 0.29) is 5.02 Å². The molecule has 2 aromatic carbocycles. The van der Waals surface area contributed by atoms with Gasteiger partial charge in [-0.1, -0.05) is 23.7 Å². The maximum absolute atomic E-state index is 12.5. The van der Waals surface area contributed by atoms with Gasteiger partial charge in [-0.25, -0.2) is 13.1 Å². The quantitative estimate of drug-likeness (QED) is 0.572. The Morgan fingerprint density at radius 1 is 1.19 bits per heavy atom. The molecule has 0 aromatic heterocycles. The molecule has 2 rings (SSSR count). The first-order chi connectivity index (χ1) is 12.1. The van der Waals surface area contributed by atoms with Gasteiger partial charge < -0.3 is 4.90 Å². The van der Waals surface area contributed by atoms with Crippen LogP contribution in [0.1, 0.15) is 12.5 Å². The first-order valence-electron chi connectivity index (χ1n) is 7.82. The Kier molecular flexibility index (Phi) is 6.22. The number of nitro benzene ring substituents is 1. The second-order valence-electron chi connectivity index (χ2n) is 6.16. The summed E-state index contributed by atoms with van der Waals surface area (Å²) in [7, 11) is -0.182. The minimum absolute atomic E-state index is 0.102. The largest absolute Gasteiger partial charge is 0.378 e. The van der Waals surface area contributed by atoms with Crippen LogP contribution in [0.15, 0.2) is 47.4 Å². The van der Waals surface area contributed by atoms with Crippen LogP contribution in [0.2, 0.25) is 5.02 Å². The van der Waals surface area contributed by atoms with Gasteiger partial charge in [0.2, 0.25) is 10.0 Å². The number of nitrogens with one attached hydrogen (secondary N) is 1. The van der Waals surface area contributed by atoms with E-state index in [2.05, 4.69) is 4.72 Å². The van der Waals surface area contributed by atoms with Gasteiger partial charge in [-0.3, -0.25) is 10.1 Å². The number of halogens is 1. The summed E-state index contributed by atoms with van der Waals surface area (Å²) in [4.78, 5) is 11.9. The number of benzene rings is 2. The van der Waals surface area contributed by atoms with Crippen molar-refractivity contribution in [2.24, 2.45) is 0 Å². The van der Waals surface area contributed by atoms with Crippen molar-refractivity contribution in [3.05, 3.63) is 63.2 Å². The molecule has 0 saturated carbocycles. The van der Waals surface area contributed by atoms with E-state index in [0.717, 1.165) is 23.4 Å². The van der Waals surface area contributed by atoms with Crippen LogP contribution in [-0.4, -0.2) is 33.5 Å². The highest BCUT2D eigenvalue weighted by molar-refractivity contribution is 7.89. The Morgan fingerprint density at radius 3 is 2.35 bits per heavy atom. The van der Waals surface area contributed by atoms with Gasteiger partial charge in [0.1, 0.15) is 0 Å². The summed E-state index contributed by atoms with van der Waals surface area (Å²) >= 11 is 5.74. The molecule has 0 aliphatic rings. The van der Waals surface area contributed by atoms with Crippen LogP contribution in [0, 0.1) is 10.1 Å². The Balaban J connectivity index is 2.17. The molecule has 0 bridgehead atoms. The number of nitrogens with zero attached hydrogens (tertiary/aromatic N) is 2. The number of nitro groups is 1. The molecule has 7 nitrogen and oxygen atoms in total. The van der Waals surface area contributed by atoms with E-state index in [1.165, 1.54) is 6.07 Å². The van der Waals surface area contributed by atoms with Crippen LogP contribution in [0.4, 0.5) is 11.4 Å². The van der Waals surface area contributed by atoms with Gasteiger partial charge in [0.05, 0.1) is 4.92 Å². The third-order valence-corrected chi connectivity index (χ3v) is 5.63. The van der Waals surface area contributed by atoms with Crippen LogP contribution in [0.3, 0.4) is 0 Å². The summed E-state index contributed by atoms with van der Waals surface area (Å²) < 4.78 is 27.6. The summed E-state index contributed by atoms with van der Waals surface area (Å²) in [5.74, 6) is 0. The first-order valence-corrected chi connectivity index (χ1v) is 9.69. The summed E-state index contributed by atoms with van der Waals surface area (Å²) in [5.41, 5.74) is 1.45. The molecule has 0 saturated heterocycles. The first kappa shape index (κ1) is 20.2. The lowest BCUT2D eigenvalue weighted by Gasteiger charge is -2.16. The zero-order valence-corrected chi connectivity index (χ0v) is 16.2. The highest BCUT2D eigenvalue weighted by atomic mass is 35.5. The lowest BCUT2D eigenvalue weighted by atomic mass is 10.1. The summed E-state index contributed by atoms with van der Waals surface area (Å²) in [5, 5.41) is 11.2. The van der Waals surface area contributed by atoms with Gasteiger partial charge in [-0.05, 0) is 43.2 Å². The SMILES string of the molecule is CC(Cc1ccc(N(C)C)cc1)NS(=O)(=O)c1ccc(Cl)cc1[N+](=O)[O-]. The predicted molar refractivity (Wildman–Crippen MR) is 102 cm³/mol. The van der Waals surface area contributed by atoms with Crippen molar-refractivity contribution in [1.29, 1.82) is 0 Å². The van der Waals surface area contributed by atoms with Crippen molar-refractivity contribution in [3.8, 4) is 0 Å². The fraction of sp³-hybridized carbons (Fsp3) is 0.294. The van der Waals surface area contributed by atoms with E-state index in [0.29, 0.717) is 6.42 Å². The molecule has 0 heterocycles. The Bertz CT molecular complexity index is 899. The average molecular weight is 398 g/mol. The van der Waals surface area contributed by atoms with Crippen LogP contribution in [0.25, 0.3) is 0 Å². The maximum Gasteiger partial charge on any atom is 0.290 e. The van der Waals surface area contributed by atoms with Crippen molar-refractivity contribution < 1.29 is 13.3 Å². The number of sulfonamides is 1.